The van der Waals surface area contributed by atoms with Gasteiger partial charge in [0.25, 0.3) is 0 Å². The van der Waals surface area contributed by atoms with Crippen molar-refractivity contribution < 1.29 is 28.6 Å². The Kier molecular flexibility index (Phi) is 52.9. The van der Waals surface area contributed by atoms with E-state index in [-0.39, 0.29) is 31.1 Å². The number of hydrogen-bond donors (Lipinski definition) is 0. The average Bonchev–Trinajstić information content (AvgIpc) is 3.34. The van der Waals surface area contributed by atoms with Gasteiger partial charge in [0.2, 0.25) is 0 Å². The predicted octanol–water partition coefficient (Wildman–Crippen LogP) is 20.7. The molecule has 6 nitrogen and oxygen atoms in total. The molecule has 6 heteroatoms. The minimum absolute atomic E-state index is 0.0636. The third kappa shape index (κ3) is 54.0. The molecule has 0 amide bonds. The van der Waals surface area contributed by atoms with Crippen LogP contribution in [0.25, 0.3) is 0 Å². The summed E-state index contributed by atoms with van der Waals surface area (Å²) in [4.78, 5) is 38.2. The lowest BCUT2D eigenvalue weighted by molar-refractivity contribution is -0.167. The van der Waals surface area contributed by atoms with Gasteiger partial charge in [0.15, 0.2) is 6.10 Å². The second kappa shape index (κ2) is 54.2. The van der Waals surface area contributed by atoms with Gasteiger partial charge in [0.1, 0.15) is 13.2 Å². The van der Waals surface area contributed by atoms with Crippen LogP contribution < -0.4 is 0 Å². The summed E-state index contributed by atoms with van der Waals surface area (Å²) in [6.07, 6.45) is 58.1. The topological polar surface area (TPSA) is 78.9 Å². The molecule has 0 aliphatic heterocycles. The van der Waals surface area contributed by atoms with E-state index in [4.69, 9.17) is 14.2 Å². The van der Waals surface area contributed by atoms with Crippen LogP contribution in [0.2, 0.25) is 0 Å². The number of unbranched alkanes of at least 4 members (excludes halogenated alkanes) is 37. The van der Waals surface area contributed by atoms with Crippen molar-refractivity contribution >= 4 is 17.9 Å². The molecule has 3 atom stereocenters. The summed E-state index contributed by atoms with van der Waals surface area (Å²) >= 11 is 0. The fraction of sp³-hybridized carbons (Fsp3) is 0.952. The number of esters is 3. The SMILES string of the molecule is CCC(C)CCCCCCCCCCCCCCCCCCCCC(=O)OC[C@@H](COC(=O)CCCCCCCCCCCCCCCCC(C)CC)OC(=O)CCCCCCCCCCC(C)C. The zero-order valence-corrected chi connectivity index (χ0v) is 47.6. The van der Waals surface area contributed by atoms with Gasteiger partial charge >= 0.3 is 17.9 Å². The van der Waals surface area contributed by atoms with Crippen molar-refractivity contribution in [3.05, 3.63) is 0 Å². The van der Waals surface area contributed by atoms with Gasteiger partial charge in [-0.3, -0.25) is 14.4 Å². The normalized spacial score (nSPS) is 12.9. The number of rotatable bonds is 56. The number of hydrogen-bond acceptors (Lipinski definition) is 6. The Hall–Kier alpha value is -1.59. The molecular formula is C63H122O6. The van der Waals surface area contributed by atoms with Gasteiger partial charge in [-0.25, -0.2) is 0 Å². The van der Waals surface area contributed by atoms with Gasteiger partial charge in [-0.2, -0.15) is 0 Å². The third-order valence-electron chi connectivity index (χ3n) is 15.1. The van der Waals surface area contributed by atoms with Crippen LogP contribution in [0.1, 0.15) is 350 Å². The average molecular weight is 976 g/mol. The Balaban J connectivity index is 4.20. The van der Waals surface area contributed by atoms with E-state index in [1.165, 1.54) is 231 Å². The summed E-state index contributed by atoms with van der Waals surface area (Å²) in [6, 6.07) is 0. The first-order chi connectivity index (χ1) is 33.7. The van der Waals surface area contributed by atoms with Gasteiger partial charge in [-0.05, 0) is 37.0 Å². The van der Waals surface area contributed by atoms with E-state index >= 15 is 0 Å². The molecular weight excluding hydrogens is 853 g/mol. The lowest BCUT2D eigenvalue weighted by Gasteiger charge is -2.18. The summed E-state index contributed by atoms with van der Waals surface area (Å²) in [6.45, 7) is 13.8. The Morgan fingerprint density at radius 3 is 0.754 bits per heavy atom. The van der Waals surface area contributed by atoms with Crippen LogP contribution in [0.3, 0.4) is 0 Å². The maximum Gasteiger partial charge on any atom is 0.306 e. The molecule has 410 valence electrons. The highest BCUT2D eigenvalue weighted by Gasteiger charge is 2.19. The molecule has 0 N–H and O–H groups in total. The van der Waals surface area contributed by atoms with Crippen molar-refractivity contribution in [2.45, 2.75) is 356 Å². The first kappa shape index (κ1) is 67.4. The molecule has 0 aliphatic rings. The molecule has 0 aromatic heterocycles. The van der Waals surface area contributed by atoms with Gasteiger partial charge in [-0.15, -0.1) is 0 Å². The quantitative estimate of drug-likeness (QED) is 0.0343. The predicted molar refractivity (Wildman–Crippen MR) is 298 cm³/mol. The maximum atomic E-state index is 12.8. The summed E-state index contributed by atoms with van der Waals surface area (Å²) in [7, 11) is 0. The molecule has 0 bridgehead atoms. The molecule has 2 unspecified atom stereocenters. The zero-order valence-electron chi connectivity index (χ0n) is 47.6. The third-order valence-corrected chi connectivity index (χ3v) is 15.1. The van der Waals surface area contributed by atoms with E-state index in [2.05, 4.69) is 41.5 Å². The van der Waals surface area contributed by atoms with Crippen molar-refractivity contribution in [2.75, 3.05) is 13.2 Å². The smallest absolute Gasteiger partial charge is 0.306 e. The van der Waals surface area contributed by atoms with Crippen LogP contribution in [0.4, 0.5) is 0 Å². The molecule has 69 heavy (non-hydrogen) atoms. The van der Waals surface area contributed by atoms with Gasteiger partial charge in [0, 0.05) is 19.3 Å². The molecule has 0 spiro atoms. The molecule has 0 saturated carbocycles. The van der Waals surface area contributed by atoms with Crippen LogP contribution >= 0.6 is 0 Å². The van der Waals surface area contributed by atoms with Gasteiger partial charge < -0.3 is 14.2 Å². The van der Waals surface area contributed by atoms with Crippen molar-refractivity contribution in [1.82, 2.24) is 0 Å². The van der Waals surface area contributed by atoms with Crippen molar-refractivity contribution in [3.63, 3.8) is 0 Å². The number of carbonyl (C=O) groups is 3. The van der Waals surface area contributed by atoms with Gasteiger partial charge in [-0.1, -0.05) is 311 Å². The molecule has 0 saturated heterocycles. The van der Waals surface area contributed by atoms with E-state index in [9.17, 15) is 14.4 Å². The minimum atomic E-state index is -0.764. The van der Waals surface area contributed by atoms with Crippen LogP contribution in [-0.2, 0) is 28.6 Å². The summed E-state index contributed by atoms with van der Waals surface area (Å²) in [5, 5.41) is 0. The summed E-state index contributed by atoms with van der Waals surface area (Å²) in [5.41, 5.74) is 0. The largest absolute Gasteiger partial charge is 0.462 e. The van der Waals surface area contributed by atoms with E-state index in [0.29, 0.717) is 19.3 Å². The van der Waals surface area contributed by atoms with Crippen molar-refractivity contribution in [3.8, 4) is 0 Å². The van der Waals surface area contributed by atoms with Crippen LogP contribution in [0.15, 0.2) is 0 Å². The molecule has 0 aromatic rings. The van der Waals surface area contributed by atoms with Crippen molar-refractivity contribution in [2.24, 2.45) is 17.8 Å². The molecule has 0 fully saturated rings. The fourth-order valence-corrected chi connectivity index (χ4v) is 9.64. The maximum absolute atomic E-state index is 12.8. The first-order valence-corrected chi connectivity index (χ1v) is 31.2. The molecule has 0 aliphatic carbocycles. The first-order valence-electron chi connectivity index (χ1n) is 31.2. The lowest BCUT2D eigenvalue weighted by atomic mass is 9.99. The Morgan fingerprint density at radius 1 is 0.290 bits per heavy atom. The van der Waals surface area contributed by atoms with E-state index in [1.807, 2.05) is 0 Å². The van der Waals surface area contributed by atoms with Crippen molar-refractivity contribution in [1.29, 1.82) is 0 Å². The highest BCUT2D eigenvalue weighted by molar-refractivity contribution is 5.71. The van der Waals surface area contributed by atoms with E-state index < -0.39 is 6.10 Å². The Bertz CT molecular complexity index is 1070. The number of carbonyl (C=O) groups excluding carboxylic acids is 3. The standard InChI is InChI=1S/C63H122O6/c1-7-58(5)50-44-38-32-25-21-17-13-11-9-10-12-14-19-23-27-34-40-46-52-61(64)67-55-60(69-63(66)54-48-42-36-30-29-31-37-43-49-57(3)4)56-68-62(65)53-47-41-35-28-24-20-16-15-18-22-26-33-39-45-51-59(6)8-2/h57-60H,7-56H2,1-6H3/t58?,59?,60-/m0/s1. The fourth-order valence-electron chi connectivity index (χ4n) is 9.64. The molecule has 0 aromatic carbocycles. The molecule has 0 heterocycles. The highest BCUT2D eigenvalue weighted by Crippen LogP contribution is 2.20. The van der Waals surface area contributed by atoms with Crippen LogP contribution in [0.5, 0.6) is 0 Å². The van der Waals surface area contributed by atoms with E-state index in [1.54, 1.807) is 0 Å². The van der Waals surface area contributed by atoms with Gasteiger partial charge in [0.05, 0.1) is 0 Å². The Morgan fingerprint density at radius 2 is 0.507 bits per heavy atom. The monoisotopic (exact) mass is 975 g/mol. The second-order valence-corrected chi connectivity index (χ2v) is 22.7. The summed E-state index contributed by atoms with van der Waals surface area (Å²) in [5.74, 6) is 1.76. The Labute approximate surface area is 431 Å². The number of ether oxygens (including phenoxy) is 3. The summed E-state index contributed by atoms with van der Waals surface area (Å²) < 4.78 is 16.9. The van der Waals surface area contributed by atoms with Crippen LogP contribution in [0, 0.1) is 17.8 Å². The molecule has 0 radical (unpaired) electrons. The lowest BCUT2D eigenvalue weighted by Crippen LogP contribution is -2.30. The van der Waals surface area contributed by atoms with E-state index in [0.717, 1.165) is 75.5 Å². The molecule has 0 rings (SSSR count). The second-order valence-electron chi connectivity index (χ2n) is 22.7. The van der Waals surface area contributed by atoms with Crippen LogP contribution in [-0.4, -0.2) is 37.2 Å². The minimum Gasteiger partial charge on any atom is -0.462 e. The zero-order chi connectivity index (χ0) is 50.5. The highest BCUT2D eigenvalue weighted by atomic mass is 16.6.